The van der Waals surface area contributed by atoms with Gasteiger partial charge in [-0.15, -0.1) is 0 Å². The first-order chi connectivity index (χ1) is 7.08. The largest absolute Gasteiger partial charge is 0.465 e. The number of esters is 2. The van der Waals surface area contributed by atoms with E-state index in [2.05, 4.69) is 9.47 Å². The summed E-state index contributed by atoms with van der Waals surface area (Å²) in [7, 11) is 0. The molecular weight excluding hydrogens is 204 g/mol. The van der Waals surface area contributed by atoms with Crippen LogP contribution in [-0.2, 0) is 19.1 Å². The van der Waals surface area contributed by atoms with Crippen LogP contribution in [0.2, 0.25) is 0 Å². The number of aliphatic hydroxyl groups is 2. The van der Waals surface area contributed by atoms with Gasteiger partial charge in [-0.05, 0) is 13.3 Å². The molecule has 0 aromatic rings. The minimum absolute atomic E-state index is 0.0428. The van der Waals surface area contributed by atoms with E-state index in [0.717, 1.165) is 0 Å². The van der Waals surface area contributed by atoms with Gasteiger partial charge in [0.15, 0.2) is 12.2 Å². The van der Waals surface area contributed by atoms with E-state index >= 15 is 0 Å². The standard InChI is InChI=1S/C9H16O6/c1-3-9(5-10,7(12)14-4-2)8(13)15-6-11/h10-11H,3-6H2,1-2H3. The minimum atomic E-state index is -1.72. The molecule has 88 valence electrons. The normalized spacial score (nSPS) is 14.1. The molecule has 0 fully saturated rings. The molecule has 0 bridgehead atoms. The molecule has 0 heterocycles. The highest BCUT2D eigenvalue weighted by atomic mass is 16.6. The Morgan fingerprint density at radius 2 is 1.67 bits per heavy atom. The van der Waals surface area contributed by atoms with Crippen molar-refractivity contribution in [3.05, 3.63) is 0 Å². The highest BCUT2D eigenvalue weighted by Crippen LogP contribution is 2.25. The van der Waals surface area contributed by atoms with Gasteiger partial charge >= 0.3 is 11.9 Å². The Bertz CT molecular complexity index is 201. The van der Waals surface area contributed by atoms with E-state index in [-0.39, 0.29) is 13.0 Å². The summed E-state index contributed by atoms with van der Waals surface area (Å²) in [6, 6.07) is 0. The number of hydrogen-bond donors (Lipinski definition) is 2. The zero-order valence-corrected chi connectivity index (χ0v) is 8.86. The zero-order valence-electron chi connectivity index (χ0n) is 8.86. The van der Waals surface area contributed by atoms with Gasteiger partial charge in [0, 0.05) is 0 Å². The monoisotopic (exact) mass is 220 g/mol. The van der Waals surface area contributed by atoms with Crippen molar-refractivity contribution in [1.82, 2.24) is 0 Å². The van der Waals surface area contributed by atoms with Gasteiger partial charge in [0.25, 0.3) is 0 Å². The molecule has 1 atom stereocenters. The van der Waals surface area contributed by atoms with Crippen LogP contribution >= 0.6 is 0 Å². The number of rotatable bonds is 6. The smallest absolute Gasteiger partial charge is 0.327 e. The van der Waals surface area contributed by atoms with Crippen LogP contribution in [0, 0.1) is 5.41 Å². The summed E-state index contributed by atoms with van der Waals surface area (Å²) in [5.41, 5.74) is -1.72. The molecule has 0 aliphatic heterocycles. The lowest BCUT2D eigenvalue weighted by molar-refractivity contribution is -0.180. The van der Waals surface area contributed by atoms with Gasteiger partial charge in [-0.25, -0.2) is 0 Å². The number of aliphatic hydroxyl groups excluding tert-OH is 2. The first-order valence-electron chi connectivity index (χ1n) is 4.65. The average Bonchev–Trinajstić information content (AvgIpc) is 2.21. The molecule has 0 spiro atoms. The maximum atomic E-state index is 11.5. The second-order valence-electron chi connectivity index (χ2n) is 2.88. The van der Waals surface area contributed by atoms with Crippen LogP contribution in [0.25, 0.3) is 0 Å². The highest BCUT2D eigenvalue weighted by molar-refractivity contribution is 6.00. The van der Waals surface area contributed by atoms with Crippen molar-refractivity contribution < 1.29 is 29.3 Å². The molecule has 15 heavy (non-hydrogen) atoms. The van der Waals surface area contributed by atoms with E-state index in [4.69, 9.17) is 10.2 Å². The minimum Gasteiger partial charge on any atom is -0.465 e. The van der Waals surface area contributed by atoms with Crippen LogP contribution in [0.5, 0.6) is 0 Å². The highest BCUT2D eigenvalue weighted by Gasteiger charge is 2.47. The van der Waals surface area contributed by atoms with Gasteiger partial charge in [-0.3, -0.25) is 9.59 Å². The van der Waals surface area contributed by atoms with Crippen molar-refractivity contribution in [2.75, 3.05) is 20.0 Å². The van der Waals surface area contributed by atoms with E-state index in [0.29, 0.717) is 0 Å². The van der Waals surface area contributed by atoms with E-state index in [9.17, 15) is 9.59 Å². The van der Waals surface area contributed by atoms with Crippen LogP contribution in [0.3, 0.4) is 0 Å². The van der Waals surface area contributed by atoms with Gasteiger partial charge in [0.05, 0.1) is 13.2 Å². The molecule has 1 unspecified atom stereocenters. The molecule has 6 heteroatoms. The van der Waals surface area contributed by atoms with Gasteiger partial charge in [0.1, 0.15) is 0 Å². The summed E-state index contributed by atoms with van der Waals surface area (Å²) in [6.07, 6.45) is 0.0428. The number of hydrogen-bond acceptors (Lipinski definition) is 6. The van der Waals surface area contributed by atoms with Gasteiger partial charge in [-0.1, -0.05) is 6.92 Å². The van der Waals surface area contributed by atoms with Crippen molar-refractivity contribution in [1.29, 1.82) is 0 Å². The fourth-order valence-electron chi connectivity index (χ4n) is 1.08. The second kappa shape index (κ2) is 6.36. The molecule has 0 aliphatic rings. The van der Waals surface area contributed by atoms with E-state index in [1.54, 1.807) is 13.8 Å². The van der Waals surface area contributed by atoms with Crippen molar-refractivity contribution in [3.8, 4) is 0 Å². The van der Waals surface area contributed by atoms with Crippen LogP contribution < -0.4 is 0 Å². The second-order valence-corrected chi connectivity index (χ2v) is 2.88. The molecule has 0 saturated carbocycles. The van der Waals surface area contributed by atoms with Crippen LogP contribution in [-0.4, -0.2) is 42.2 Å². The average molecular weight is 220 g/mol. The fraction of sp³-hybridized carbons (Fsp3) is 0.778. The third-order valence-electron chi connectivity index (χ3n) is 2.13. The Morgan fingerprint density at radius 3 is 2.00 bits per heavy atom. The van der Waals surface area contributed by atoms with Crippen molar-refractivity contribution >= 4 is 11.9 Å². The summed E-state index contributed by atoms with van der Waals surface area (Å²) in [5.74, 6) is -1.82. The molecule has 0 aliphatic carbocycles. The Hall–Kier alpha value is -1.14. The van der Waals surface area contributed by atoms with Crippen LogP contribution in [0.1, 0.15) is 20.3 Å². The van der Waals surface area contributed by atoms with Gasteiger partial charge in [0.2, 0.25) is 0 Å². The van der Waals surface area contributed by atoms with E-state index in [1.807, 2.05) is 0 Å². The quantitative estimate of drug-likeness (QED) is 0.354. The Kier molecular flexibility index (Phi) is 5.88. The first-order valence-corrected chi connectivity index (χ1v) is 4.65. The lowest BCUT2D eigenvalue weighted by Crippen LogP contribution is -2.44. The van der Waals surface area contributed by atoms with Crippen molar-refractivity contribution in [2.24, 2.45) is 5.41 Å². The number of carbonyl (C=O) groups is 2. The maximum absolute atomic E-state index is 11.5. The van der Waals surface area contributed by atoms with Crippen molar-refractivity contribution in [2.45, 2.75) is 20.3 Å². The molecule has 0 aromatic carbocycles. The maximum Gasteiger partial charge on any atom is 0.327 e. The molecular formula is C9H16O6. The van der Waals surface area contributed by atoms with Gasteiger partial charge in [-0.2, -0.15) is 0 Å². The predicted octanol–water partition coefficient (Wildman–Crippen LogP) is -0.569. The summed E-state index contributed by atoms with van der Waals surface area (Å²) in [4.78, 5) is 22.9. The molecule has 0 rings (SSSR count). The third-order valence-corrected chi connectivity index (χ3v) is 2.13. The Labute approximate surface area is 87.8 Å². The molecule has 0 saturated heterocycles. The third kappa shape index (κ3) is 2.90. The number of carbonyl (C=O) groups excluding carboxylic acids is 2. The molecule has 2 N–H and O–H groups in total. The van der Waals surface area contributed by atoms with E-state index < -0.39 is 30.8 Å². The molecule has 0 aromatic heterocycles. The fourth-order valence-corrected chi connectivity index (χ4v) is 1.08. The Balaban J connectivity index is 4.86. The summed E-state index contributed by atoms with van der Waals surface area (Å²) >= 11 is 0. The van der Waals surface area contributed by atoms with Crippen LogP contribution in [0.4, 0.5) is 0 Å². The topological polar surface area (TPSA) is 93.1 Å². The summed E-state index contributed by atoms with van der Waals surface area (Å²) in [5, 5.41) is 17.5. The molecule has 0 amide bonds. The lowest BCUT2D eigenvalue weighted by atomic mass is 9.86. The SMILES string of the molecule is CCOC(=O)C(CC)(CO)C(=O)OCO. The van der Waals surface area contributed by atoms with Crippen molar-refractivity contribution in [3.63, 3.8) is 0 Å². The summed E-state index contributed by atoms with van der Waals surface area (Å²) < 4.78 is 8.99. The van der Waals surface area contributed by atoms with Crippen LogP contribution in [0.15, 0.2) is 0 Å². The first kappa shape index (κ1) is 13.9. The zero-order chi connectivity index (χ0) is 11.9. The lowest BCUT2D eigenvalue weighted by Gasteiger charge is -2.25. The van der Waals surface area contributed by atoms with Gasteiger partial charge < -0.3 is 19.7 Å². The predicted molar refractivity (Wildman–Crippen MR) is 49.6 cm³/mol. The molecule has 6 nitrogen and oxygen atoms in total. The molecule has 0 radical (unpaired) electrons. The Morgan fingerprint density at radius 1 is 1.13 bits per heavy atom. The van der Waals surface area contributed by atoms with E-state index in [1.165, 1.54) is 0 Å². The summed E-state index contributed by atoms with van der Waals surface area (Å²) in [6.45, 7) is 1.70. The number of ether oxygens (including phenoxy) is 2.